The Hall–Kier alpha value is -0.820. The van der Waals surface area contributed by atoms with Gasteiger partial charge in [0.1, 0.15) is 0 Å². The molecule has 0 heterocycles. The molecule has 0 saturated heterocycles. The van der Waals surface area contributed by atoms with Crippen molar-refractivity contribution in [3.63, 3.8) is 0 Å². The molecule has 1 fully saturated rings. The summed E-state index contributed by atoms with van der Waals surface area (Å²) in [6.45, 7) is 6.78. The number of rotatable bonds is 5. The van der Waals surface area contributed by atoms with Gasteiger partial charge >= 0.3 is 0 Å². The normalized spacial score (nSPS) is 24.1. The van der Waals surface area contributed by atoms with Crippen LogP contribution in [0.15, 0.2) is 24.3 Å². The molecule has 1 aliphatic rings. The van der Waals surface area contributed by atoms with Gasteiger partial charge in [-0.2, -0.15) is 0 Å². The zero-order valence-corrected chi connectivity index (χ0v) is 10.5. The summed E-state index contributed by atoms with van der Waals surface area (Å²) in [4.78, 5) is 0. The fourth-order valence-corrected chi connectivity index (χ4v) is 2.62. The van der Waals surface area contributed by atoms with E-state index in [4.69, 9.17) is 0 Å². The SMILES string of the molecule is CCCNCC1CCC1c1cccc(C)c1. The summed E-state index contributed by atoms with van der Waals surface area (Å²) < 4.78 is 0. The fraction of sp³-hybridized carbons (Fsp3) is 0.600. The second-order valence-corrected chi connectivity index (χ2v) is 5.06. The van der Waals surface area contributed by atoms with Crippen molar-refractivity contribution in [2.45, 2.75) is 39.0 Å². The third kappa shape index (κ3) is 2.65. The van der Waals surface area contributed by atoms with Gasteiger partial charge in [0.25, 0.3) is 0 Å². The first-order chi connectivity index (χ1) is 7.81. The molecule has 0 aromatic heterocycles. The van der Waals surface area contributed by atoms with Gasteiger partial charge in [0.2, 0.25) is 0 Å². The summed E-state index contributed by atoms with van der Waals surface area (Å²) in [6.07, 6.45) is 4.01. The first kappa shape index (κ1) is 11.7. The minimum Gasteiger partial charge on any atom is -0.316 e. The van der Waals surface area contributed by atoms with Gasteiger partial charge in [0.15, 0.2) is 0 Å². The van der Waals surface area contributed by atoms with Crippen LogP contribution in [0, 0.1) is 12.8 Å². The second-order valence-electron chi connectivity index (χ2n) is 5.06. The van der Waals surface area contributed by atoms with E-state index < -0.39 is 0 Å². The first-order valence-electron chi connectivity index (χ1n) is 6.58. The molecule has 2 atom stereocenters. The van der Waals surface area contributed by atoms with Crippen LogP contribution >= 0.6 is 0 Å². The summed E-state index contributed by atoms with van der Waals surface area (Å²) in [5.41, 5.74) is 2.94. The molecule has 1 N–H and O–H groups in total. The maximum Gasteiger partial charge on any atom is -0.00147 e. The van der Waals surface area contributed by atoms with Crippen LogP contribution in [0.4, 0.5) is 0 Å². The number of benzene rings is 1. The van der Waals surface area contributed by atoms with Crippen molar-refractivity contribution in [2.75, 3.05) is 13.1 Å². The molecule has 2 unspecified atom stereocenters. The summed E-state index contributed by atoms with van der Waals surface area (Å²) in [5.74, 6) is 1.68. The highest BCUT2D eigenvalue weighted by Crippen LogP contribution is 2.42. The Morgan fingerprint density at radius 1 is 1.31 bits per heavy atom. The molecule has 1 aromatic rings. The minimum absolute atomic E-state index is 0.809. The molecule has 1 heteroatoms. The number of hydrogen-bond acceptors (Lipinski definition) is 1. The van der Waals surface area contributed by atoms with Crippen molar-refractivity contribution >= 4 is 0 Å². The van der Waals surface area contributed by atoms with Crippen LogP contribution in [0.3, 0.4) is 0 Å². The Bertz CT molecular complexity index is 332. The zero-order valence-electron chi connectivity index (χ0n) is 10.5. The Balaban J connectivity index is 1.90. The summed E-state index contributed by atoms with van der Waals surface area (Å²) in [5, 5.41) is 3.55. The van der Waals surface area contributed by atoms with Gasteiger partial charge in [-0.05, 0) is 56.7 Å². The molecular weight excluding hydrogens is 194 g/mol. The van der Waals surface area contributed by atoms with Crippen molar-refractivity contribution in [1.82, 2.24) is 5.32 Å². The average molecular weight is 217 g/mol. The van der Waals surface area contributed by atoms with Gasteiger partial charge in [0.05, 0.1) is 0 Å². The van der Waals surface area contributed by atoms with Crippen molar-refractivity contribution in [3.8, 4) is 0 Å². The summed E-state index contributed by atoms with van der Waals surface area (Å²) in [6, 6.07) is 9.03. The second kappa shape index (κ2) is 5.49. The molecule has 0 aliphatic heterocycles. The molecule has 2 rings (SSSR count). The lowest BCUT2D eigenvalue weighted by atomic mass is 9.70. The highest BCUT2D eigenvalue weighted by molar-refractivity contribution is 5.27. The molecule has 0 amide bonds. The number of aryl methyl sites for hydroxylation is 1. The van der Waals surface area contributed by atoms with E-state index in [1.165, 1.54) is 31.4 Å². The van der Waals surface area contributed by atoms with Gasteiger partial charge in [-0.15, -0.1) is 0 Å². The van der Waals surface area contributed by atoms with E-state index in [1.807, 2.05) is 0 Å². The molecule has 1 nitrogen and oxygen atoms in total. The molecule has 16 heavy (non-hydrogen) atoms. The van der Waals surface area contributed by atoms with E-state index in [1.54, 1.807) is 5.56 Å². The molecule has 0 bridgehead atoms. The number of nitrogens with one attached hydrogen (secondary N) is 1. The van der Waals surface area contributed by atoms with E-state index in [9.17, 15) is 0 Å². The molecule has 0 spiro atoms. The smallest absolute Gasteiger partial charge is 0.00147 e. The monoisotopic (exact) mass is 217 g/mol. The van der Waals surface area contributed by atoms with Crippen molar-refractivity contribution in [3.05, 3.63) is 35.4 Å². The average Bonchev–Trinajstić information content (AvgIpc) is 2.23. The number of hydrogen-bond donors (Lipinski definition) is 1. The van der Waals surface area contributed by atoms with Crippen molar-refractivity contribution < 1.29 is 0 Å². The standard InChI is InChI=1S/C15H23N/c1-3-9-16-11-14-7-8-15(14)13-6-4-5-12(2)10-13/h4-6,10,14-16H,3,7-9,11H2,1-2H3. The highest BCUT2D eigenvalue weighted by Gasteiger charge is 2.31. The van der Waals surface area contributed by atoms with Gasteiger partial charge in [0, 0.05) is 0 Å². The lowest BCUT2D eigenvalue weighted by Crippen LogP contribution is -2.34. The topological polar surface area (TPSA) is 12.0 Å². The van der Waals surface area contributed by atoms with Gasteiger partial charge in [-0.3, -0.25) is 0 Å². The first-order valence-corrected chi connectivity index (χ1v) is 6.58. The Morgan fingerprint density at radius 3 is 2.81 bits per heavy atom. The maximum atomic E-state index is 3.55. The third-order valence-corrected chi connectivity index (χ3v) is 3.72. The maximum absolute atomic E-state index is 3.55. The van der Waals surface area contributed by atoms with E-state index in [2.05, 4.69) is 43.4 Å². The predicted molar refractivity (Wildman–Crippen MR) is 69.8 cm³/mol. The molecular formula is C15H23N. The largest absolute Gasteiger partial charge is 0.316 e. The molecule has 1 aromatic carbocycles. The lowest BCUT2D eigenvalue weighted by molar-refractivity contribution is 0.246. The third-order valence-electron chi connectivity index (χ3n) is 3.72. The van der Waals surface area contributed by atoms with Crippen LogP contribution in [0.2, 0.25) is 0 Å². The van der Waals surface area contributed by atoms with Crippen LogP contribution in [-0.2, 0) is 0 Å². The molecule has 88 valence electrons. The van der Waals surface area contributed by atoms with Crippen LogP contribution in [0.25, 0.3) is 0 Å². The fourth-order valence-electron chi connectivity index (χ4n) is 2.62. The van der Waals surface area contributed by atoms with Crippen LogP contribution in [0.1, 0.15) is 43.2 Å². The zero-order chi connectivity index (χ0) is 11.4. The van der Waals surface area contributed by atoms with E-state index >= 15 is 0 Å². The van der Waals surface area contributed by atoms with Crippen LogP contribution < -0.4 is 5.32 Å². The Morgan fingerprint density at radius 2 is 2.19 bits per heavy atom. The van der Waals surface area contributed by atoms with Gasteiger partial charge in [-0.25, -0.2) is 0 Å². The quantitative estimate of drug-likeness (QED) is 0.744. The molecule has 1 aliphatic carbocycles. The van der Waals surface area contributed by atoms with E-state index in [-0.39, 0.29) is 0 Å². The van der Waals surface area contributed by atoms with Gasteiger partial charge in [-0.1, -0.05) is 36.8 Å². The highest BCUT2D eigenvalue weighted by atomic mass is 14.9. The Kier molecular flexibility index (Phi) is 4.00. The lowest BCUT2D eigenvalue weighted by Gasteiger charge is -2.37. The van der Waals surface area contributed by atoms with Crippen molar-refractivity contribution in [1.29, 1.82) is 0 Å². The summed E-state index contributed by atoms with van der Waals surface area (Å²) >= 11 is 0. The Labute approximate surface area is 99.3 Å². The van der Waals surface area contributed by atoms with Crippen molar-refractivity contribution in [2.24, 2.45) is 5.92 Å². The van der Waals surface area contributed by atoms with Gasteiger partial charge < -0.3 is 5.32 Å². The van der Waals surface area contributed by atoms with E-state index in [0.717, 1.165) is 18.4 Å². The molecule has 1 saturated carbocycles. The summed E-state index contributed by atoms with van der Waals surface area (Å²) in [7, 11) is 0. The van der Waals surface area contributed by atoms with E-state index in [0.29, 0.717) is 0 Å². The predicted octanol–water partition coefficient (Wildman–Crippen LogP) is 3.49. The van der Waals surface area contributed by atoms with Crippen LogP contribution in [0.5, 0.6) is 0 Å². The minimum atomic E-state index is 0.809. The molecule has 0 radical (unpaired) electrons. The van der Waals surface area contributed by atoms with Crippen LogP contribution in [-0.4, -0.2) is 13.1 Å².